The van der Waals surface area contributed by atoms with E-state index in [4.69, 9.17) is 16.3 Å². The van der Waals surface area contributed by atoms with Crippen molar-refractivity contribution in [3.8, 4) is 5.75 Å². The monoisotopic (exact) mass is 399 g/mol. The van der Waals surface area contributed by atoms with Crippen LogP contribution in [0, 0.1) is 19.7 Å². The van der Waals surface area contributed by atoms with Gasteiger partial charge in [-0.2, -0.15) is 0 Å². The molecule has 2 N–H and O–H groups in total. The first kappa shape index (κ1) is 20.2. The van der Waals surface area contributed by atoms with Crippen LogP contribution in [-0.2, 0) is 6.54 Å². The fraction of sp³-hybridized carbons (Fsp3) is 0.217. The molecule has 0 heterocycles. The number of benzene rings is 3. The van der Waals surface area contributed by atoms with Crippen LogP contribution in [0.5, 0.6) is 5.75 Å². The summed E-state index contributed by atoms with van der Waals surface area (Å²) < 4.78 is 19.2. The summed E-state index contributed by atoms with van der Waals surface area (Å²) in [5.41, 5.74) is 4.50. The smallest absolute Gasteiger partial charge is 0.126 e. The van der Waals surface area contributed by atoms with E-state index in [-0.39, 0.29) is 5.82 Å². The van der Waals surface area contributed by atoms with Crippen LogP contribution in [0.25, 0.3) is 0 Å². The zero-order valence-electron chi connectivity index (χ0n) is 16.1. The van der Waals surface area contributed by atoms with Crippen LogP contribution in [0.15, 0.2) is 54.6 Å². The fourth-order valence-corrected chi connectivity index (χ4v) is 3.37. The maximum atomic E-state index is 13.9. The van der Waals surface area contributed by atoms with Gasteiger partial charge in [0.2, 0.25) is 0 Å². The zero-order valence-corrected chi connectivity index (χ0v) is 16.8. The van der Waals surface area contributed by atoms with Gasteiger partial charge in [-0.1, -0.05) is 29.8 Å². The molecule has 0 aliphatic carbocycles. The first-order valence-electron chi connectivity index (χ1n) is 9.00. The predicted octanol–water partition coefficient (Wildman–Crippen LogP) is 5.80. The number of hydrogen-bond acceptors (Lipinski definition) is 3. The van der Waals surface area contributed by atoms with E-state index in [1.807, 2.05) is 31.2 Å². The van der Waals surface area contributed by atoms with E-state index >= 15 is 0 Å². The number of hydrogen-bond donors (Lipinski definition) is 2. The van der Waals surface area contributed by atoms with E-state index in [0.29, 0.717) is 28.3 Å². The van der Waals surface area contributed by atoms with E-state index in [2.05, 4.69) is 5.32 Å². The second-order valence-corrected chi connectivity index (χ2v) is 7.17. The summed E-state index contributed by atoms with van der Waals surface area (Å²) in [6.07, 6.45) is -0.992. The Morgan fingerprint density at radius 3 is 2.57 bits per heavy atom. The van der Waals surface area contributed by atoms with Crippen LogP contribution >= 0.6 is 11.6 Å². The molecule has 0 aromatic heterocycles. The molecule has 0 radical (unpaired) electrons. The fourth-order valence-electron chi connectivity index (χ4n) is 3.19. The van der Waals surface area contributed by atoms with Crippen LogP contribution in [-0.4, -0.2) is 12.2 Å². The van der Waals surface area contributed by atoms with Crippen LogP contribution in [0.2, 0.25) is 5.02 Å². The molecule has 1 unspecified atom stereocenters. The second-order valence-electron chi connectivity index (χ2n) is 6.73. The minimum absolute atomic E-state index is 0.345. The lowest BCUT2D eigenvalue weighted by Crippen LogP contribution is -2.09. The van der Waals surface area contributed by atoms with Gasteiger partial charge in [0.1, 0.15) is 17.7 Å². The molecule has 0 amide bonds. The predicted molar refractivity (Wildman–Crippen MR) is 112 cm³/mol. The highest BCUT2D eigenvalue weighted by Gasteiger charge is 2.19. The van der Waals surface area contributed by atoms with Gasteiger partial charge >= 0.3 is 0 Å². The van der Waals surface area contributed by atoms with E-state index in [9.17, 15) is 9.50 Å². The maximum Gasteiger partial charge on any atom is 0.126 e. The summed E-state index contributed by atoms with van der Waals surface area (Å²) in [5, 5.41) is 14.8. The zero-order chi connectivity index (χ0) is 20.3. The van der Waals surface area contributed by atoms with Crippen molar-refractivity contribution >= 4 is 17.3 Å². The Morgan fingerprint density at radius 2 is 1.86 bits per heavy atom. The Morgan fingerprint density at radius 1 is 1.07 bits per heavy atom. The molecular formula is C23H23ClFNO2. The van der Waals surface area contributed by atoms with Crippen molar-refractivity contribution in [2.24, 2.45) is 0 Å². The van der Waals surface area contributed by atoms with Crippen molar-refractivity contribution in [2.75, 3.05) is 12.4 Å². The lowest BCUT2D eigenvalue weighted by Gasteiger charge is -2.20. The Bertz CT molecular complexity index is 990. The van der Waals surface area contributed by atoms with Gasteiger partial charge in [0.05, 0.1) is 7.11 Å². The van der Waals surface area contributed by atoms with Gasteiger partial charge in [-0.15, -0.1) is 0 Å². The average Bonchev–Trinajstić information content (AvgIpc) is 2.69. The van der Waals surface area contributed by atoms with E-state index in [1.165, 1.54) is 6.07 Å². The molecule has 3 rings (SSSR count). The number of aliphatic hydroxyl groups excluding tert-OH is 1. The van der Waals surface area contributed by atoms with E-state index in [1.54, 1.807) is 38.3 Å². The number of nitrogens with one attached hydrogen (secondary N) is 1. The van der Waals surface area contributed by atoms with Gasteiger partial charge in [-0.3, -0.25) is 0 Å². The summed E-state index contributed by atoms with van der Waals surface area (Å²) in [6, 6.07) is 15.9. The molecule has 146 valence electrons. The lowest BCUT2D eigenvalue weighted by atomic mass is 9.96. The highest BCUT2D eigenvalue weighted by Crippen LogP contribution is 2.33. The van der Waals surface area contributed by atoms with Gasteiger partial charge in [0, 0.05) is 22.8 Å². The van der Waals surface area contributed by atoms with Gasteiger partial charge in [-0.05, 0) is 72.5 Å². The molecule has 3 nitrogen and oxygen atoms in total. The molecule has 0 saturated carbocycles. The van der Waals surface area contributed by atoms with Crippen molar-refractivity contribution < 1.29 is 14.2 Å². The van der Waals surface area contributed by atoms with Crippen molar-refractivity contribution in [3.63, 3.8) is 0 Å². The van der Waals surface area contributed by atoms with Crippen molar-refractivity contribution in [1.82, 2.24) is 0 Å². The first-order chi connectivity index (χ1) is 13.4. The van der Waals surface area contributed by atoms with E-state index in [0.717, 1.165) is 22.6 Å². The van der Waals surface area contributed by atoms with Gasteiger partial charge in [0.15, 0.2) is 0 Å². The summed E-state index contributed by atoms with van der Waals surface area (Å²) >= 11 is 6.17. The topological polar surface area (TPSA) is 41.5 Å². The molecular weight excluding hydrogens is 377 g/mol. The minimum Gasteiger partial charge on any atom is -0.497 e. The molecule has 5 heteroatoms. The molecule has 3 aromatic rings. The van der Waals surface area contributed by atoms with Crippen molar-refractivity contribution in [2.45, 2.75) is 26.5 Å². The summed E-state index contributed by atoms with van der Waals surface area (Å²) in [6.45, 7) is 4.25. The second kappa shape index (κ2) is 8.63. The molecule has 0 fully saturated rings. The third-order valence-corrected chi connectivity index (χ3v) is 5.17. The van der Waals surface area contributed by atoms with Crippen LogP contribution < -0.4 is 10.1 Å². The maximum absolute atomic E-state index is 13.9. The molecule has 0 spiro atoms. The molecule has 0 bridgehead atoms. The minimum atomic E-state index is -0.992. The molecule has 0 aliphatic heterocycles. The summed E-state index contributed by atoms with van der Waals surface area (Å²) in [7, 11) is 1.64. The molecule has 0 saturated heterocycles. The summed E-state index contributed by atoms with van der Waals surface area (Å²) in [4.78, 5) is 0. The standard InChI is InChI=1S/C23H23ClFNO2/c1-14-11-18(28-3)9-7-16(14)13-26-22-10-8-17(24)12-20(22)23(27)19-5-4-6-21(25)15(19)2/h4-12,23,26-27H,13H2,1-3H3. The van der Waals surface area contributed by atoms with Crippen molar-refractivity contribution in [1.29, 1.82) is 0 Å². The van der Waals surface area contributed by atoms with Gasteiger partial charge < -0.3 is 15.2 Å². The van der Waals surface area contributed by atoms with Gasteiger partial charge in [0.25, 0.3) is 0 Å². The number of anilines is 1. The number of methoxy groups -OCH3 is 1. The number of aryl methyl sites for hydroxylation is 1. The third-order valence-electron chi connectivity index (χ3n) is 4.93. The number of halogens is 2. The molecule has 28 heavy (non-hydrogen) atoms. The largest absolute Gasteiger partial charge is 0.497 e. The first-order valence-corrected chi connectivity index (χ1v) is 9.38. The highest BCUT2D eigenvalue weighted by molar-refractivity contribution is 6.30. The Labute approximate surface area is 169 Å². The number of rotatable bonds is 6. The van der Waals surface area contributed by atoms with Crippen LogP contribution in [0.1, 0.15) is 33.9 Å². The number of ether oxygens (including phenoxy) is 1. The summed E-state index contributed by atoms with van der Waals surface area (Å²) in [5.74, 6) is 0.465. The van der Waals surface area contributed by atoms with E-state index < -0.39 is 6.10 Å². The van der Waals surface area contributed by atoms with Gasteiger partial charge in [-0.25, -0.2) is 4.39 Å². The Kier molecular flexibility index (Phi) is 6.22. The Hall–Kier alpha value is -2.56. The molecule has 0 aliphatic rings. The van der Waals surface area contributed by atoms with Crippen LogP contribution in [0.3, 0.4) is 0 Å². The highest BCUT2D eigenvalue weighted by atomic mass is 35.5. The Balaban J connectivity index is 1.90. The normalized spacial score (nSPS) is 11.9. The van der Waals surface area contributed by atoms with Crippen LogP contribution in [0.4, 0.5) is 10.1 Å². The lowest BCUT2D eigenvalue weighted by molar-refractivity contribution is 0.219. The number of aliphatic hydroxyl groups is 1. The molecule has 3 aromatic carbocycles. The van der Waals surface area contributed by atoms with Crippen molar-refractivity contribution in [3.05, 3.63) is 93.3 Å². The molecule has 1 atom stereocenters. The SMILES string of the molecule is COc1ccc(CNc2ccc(Cl)cc2C(O)c2cccc(F)c2C)c(C)c1. The average molecular weight is 400 g/mol. The quantitative estimate of drug-likeness (QED) is 0.550. The third kappa shape index (κ3) is 4.29.